The maximum absolute atomic E-state index is 12.4. The molecule has 1 N–H and O–H groups in total. The molecule has 0 saturated heterocycles. The Hall–Kier alpha value is -3.54. The first-order chi connectivity index (χ1) is 14.9. The lowest BCUT2D eigenvalue weighted by molar-refractivity contribution is -0.812. The second kappa shape index (κ2) is 12.3. The number of ether oxygens (including phenoxy) is 2. The van der Waals surface area contributed by atoms with Crippen molar-refractivity contribution in [3.05, 3.63) is 39.9 Å². The Balaban J connectivity index is 2.39. The molecule has 32 heavy (non-hydrogen) atoms. The van der Waals surface area contributed by atoms with Gasteiger partial charge in [0, 0.05) is 44.4 Å². The lowest BCUT2D eigenvalue weighted by atomic mass is 10.1. The third kappa shape index (κ3) is 9.98. The average Bonchev–Trinajstić information content (AvgIpc) is 2.66. The average molecular weight is 453 g/mol. The Morgan fingerprint density at radius 1 is 1.16 bits per heavy atom. The first kappa shape index (κ1) is 26.5. The molecule has 12 nitrogen and oxygen atoms in total. The van der Waals surface area contributed by atoms with Gasteiger partial charge in [0.2, 0.25) is 0 Å². The molecule has 0 radical (unpaired) electrons. The Labute approximate surface area is 184 Å². The van der Waals surface area contributed by atoms with E-state index in [1.165, 1.54) is 26.2 Å². The molecule has 0 aliphatic carbocycles. The van der Waals surface area contributed by atoms with E-state index < -0.39 is 41.4 Å². The van der Waals surface area contributed by atoms with Crippen molar-refractivity contribution >= 4 is 29.6 Å². The number of nitro benzene ring substituents is 1. The number of likely N-dealkylation sites (N-methyl/N-ethyl adjacent to an activating group) is 1. The quantitative estimate of drug-likeness (QED) is 0.197. The smallest absolute Gasteiger partial charge is 0.416 e. The van der Waals surface area contributed by atoms with Crippen LogP contribution >= 0.6 is 0 Å². The van der Waals surface area contributed by atoms with Gasteiger partial charge in [-0.15, -0.1) is 0 Å². The van der Waals surface area contributed by atoms with E-state index in [1.54, 1.807) is 12.1 Å². The number of carboxylic acids is 1. The number of nitrogens with one attached hydrogen (secondary N) is 1. The fourth-order valence-electron chi connectivity index (χ4n) is 2.78. The number of hydrogen-bond donors (Lipinski definition) is 1. The molecule has 2 amide bonds. The molecule has 0 heterocycles. The molecule has 1 atom stereocenters. The van der Waals surface area contributed by atoms with E-state index in [9.17, 15) is 34.4 Å². The van der Waals surface area contributed by atoms with Crippen molar-refractivity contribution in [3.8, 4) is 0 Å². The summed E-state index contributed by atoms with van der Waals surface area (Å²) in [6.07, 6.45) is -1.29. The highest BCUT2D eigenvalue weighted by atomic mass is 16.6. The third-order valence-electron chi connectivity index (χ3n) is 4.34. The van der Waals surface area contributed by atoms with Gasteiger partial charge in [-0.1, -0.05) is 12.1 Å². The van der Waals surface area contributed by atoms with Crippen LogP contribution in [0.1, 0.15) is 25.3 Å². The number of carbonyl (C=O) groups is 4. The standard InChI is InChI=1S/C20H27N3O9/c1-14(24)32-17(12-18(25)26)13-23(2,3)20(28)21-10-8-19(27)31-11-9-15-4-6-16(7-5-15)22(29)30/h4-7,17H,8-13H2,1-3H3,(H-,21,25,26,28). The van der Waals surface area contributed by atoms with Crippen molar-refractivity contribution in [2.75, 3.05) is 33.8 Å². The van der Waals surface area contributed by atoms with Gasteiger partial charge in [-0.05, 0) is 5.56 Å². The lowest BCUT2D eigenvalue weighted by Gasteiger charge is -2.30. The summed E-state index contributed by atoms with van der Waals surface area (Å²) in [6, 6.07) is 5.39. The number of non-ortho nitro benzene ring substituents is 1. The summed E-state index contributed by atoms with van der Waals surface area (Å²) >= 11 is 0. The number of esters is 2. The van der Waals surface area contributed by atoms with E-state index in [1.807, 2.05) is 0 Å². The molecule has 0 saturated carbocycles. The van der Waals surface area contributed by atoms with E-state index in [-0.39, 0.29) is 36.3 Å². The predicted octanol–water partition coefficient (Wildman–Crippen LogP) is -0.0717. The summed E-state index contributed by atoms with van der Waals surface area (Å²) in [5.41, 5.74) is 0.747. The Morgan fingerprint density at radius 2 is 1.78 bits per heavy atom. The molecular formula is C20H27N3O9. The summed E-state index contributed by atoms with van der Waals surface area (Å²) in [5, 5.41) is 24.0. The molecule has 0 aliphatic heterocycles. The molecule has 0 spiro atoms. The highest BCUT2D eigenvalue weighted by Gasteiger charge is 2.31. The van der Waals surface area contributed by atoms with Gasteiger partial charge in [0.05, 0.1) is 32.0 Å². The van der Waals surface area contributed by atoms with Gasteiger partial charge in [0.15, 0.2) is 6.10 Å². The van der Waals surface area contributed by atoms with Crippen molar-refractivity contribution in [1.29, 1.82) is 0 Å². The van der Waals surface area contributed by atoms with Gasteiger partial charge in [0.1, 0.15) is 6.54 Å². The number of carboxylic acid groups (broad SMARTS) is 1. The second-order valence-corrected chi connectivity index (χ2v) is 7.55. The van der Waals surface area contributed by atoms with Crippen LogP contribution in [-0.4, -0.2) is 73.2 Å². The molecule has 1 aromatic rings. The number of benzene rings is 1. The largest absolute Gasteiger partial charge is 0.550 e. The Kier molecular flexibility index (Phi) is 10.2. The molecule has 1 unspecified atom stereocenters. The molecule has 0 aliphatic rings. The molecule has 176 valence electrons. The van der Waals surface area contributed by atoms with E-state index in [2.05, 4.69) is 5.32 Å². The first-order valence-corrected chi connectivity index (χ1v) is 9.78. The van der Waals surface area contributed by atoms with Gasteiger partial charge in [-0.25, -0.2) is 9.28 Å². The molecule has 1 aromatic carbocycles. The van der Waals surface area contributed by atoms with Crippen molar-refractivity contribution < 1.29 is 43.2 Å². The van der Waals surface area contributed by atoms with E-state index in [0.717, 1.165) is 12.5 Å². The van der Waals surface area contributed by atoms with Crippen LogP contribution in [0, 0.1) is 10.1 Å². The molecular weight excluding hydrogens is 426 g/mol. The van der Waals surface area contributed by atoms with Gasteiger partial charge >= 0.3 is 18.0 Å². The van der Waals surface area contributed by atoms with Crippen LogP contribution in [0.15, 0.2) is 24.3 Å². The minimum atomic E-state index is -1.41. The van der Waals surface area contributed by atoms with Crippen LogP contribution in [-0.2, 0) is 30.3 Å². The van der Waals surface area contributed by atoms with Crippen LogP contribution in [0.5, 0.6) is 0 Å². The second-order valence-electron chi connectivity index (χ2n) is 7.55. The van der Waals surface area contributed by atoms with Crippen LogP contribution in [0.25, 0.3) is 0 Å². The molecule has 0 fully saturated rings. The van der Waals surface area contributed by atoms with Gasteiger partial charge in [0.25, 0.3) is 5.69 Å². The fourth-order valence-corrected chi connectivity index (χ4v) is 2.78. The molecule has 0 bridgehead atoms. The Morgan fingerprint density at radius 3 is 2.31 bits per heavy atom. The van der Waals surface area contributed by atoms with E-state index >= 15 is 0 Å². The summed E-state index contributed by atoms with van der Waals surface area (Å²) < 4.78 is 9.68. The first-order valence-electron chi connectivity index (χ1n) is 9.78. The SMILES string of the molecule is CC(=O)OC(CC(=O)[O-])C[N+](C)(C)C(=O)NCCC(=O)OCCc1ccc([N+](=O)[O-])cc1. The number of rotatable bonds is 12. The number of aliphatic carboxylic acids is 1. The number of nitro groups is 1. The highest BCUT2D eigenvalue weighted by Crippen LogP contribution is 2.12. The maximum atomic E-state index is 12.4. The number of quaternary nitrogens is 1. The zero-order chi connectivity index (χ0) is 24.3. The van der Waals surface area contributed by atoms with Gasteiger partial charge in [-0.2, -0.15) is 0 Å². The topological polar surface area (TPSA) is 165 Å². The Bertz CT molecular complexity index is 821. The van der Waals surface area contributed by atoms with Crippen LogP contribution in [0.4, 0.5) is 10.5 Å². The lowest BCUT2D eigenvalue weighted by Crippen LogP contribution is -2.56. The minimum Gasteiger partial charge on any atom is -0.550 e. The molecule has 12 heteroatoms. The monoisotopic (exact) mass is 453 g/mol. The zero-order valence-electron chi connectivity index (χ0n) is 18.2. The predicted molar refractivity (Wildman–Crippen MR) is 108 cm³/mol. The minimum absolute atomic E-state index is 0.00437. The maximum Gasteiger partial charge on any atom is 0.416 e. The third-order valence-corrected chi connectivity index (χ3v) is 4.34. The number of hydrogen-bond acceptors (Lipinski definition) is 9. The summed E-state index contributed by atoms with van der Waals surface area (Å²) in [7, 11) is 3.01. The van der Waals surface area contributed by atoms with Crippen molar-refractivity contribution in [3.63, 3.8) is 0 Å². The van der Waals surface area contributed by atoms with Gasteiger partial charge in [-0.3, -0.25) is 19.7 Å². The van der Waals surface area contributed by atoms with Crippen LogP contribution in [0.2, 0.25) is 0 Å². The summed E-state index contributed by atoms with van der Waals surface area (Å²) in [6.45, 7) is 1.11. The van der Waals surface area contributed by atoms with Gasteiger partial charge < -0.3 is 24.7 Å². The number of amides is 2. The number of carbonyl (C=O) groups excluding carboxylic acids is 4. The van der Waals surface area contributed by atoms with Crippen molar-refractivity contribution in [2.45, 2.75) is 32.3 Å². The normalized spacial score (nSPS) is 11.8. The highest BCUT2D eigenvalue weighted by molar-refractivity contribution is 5.72. The van der Waals surface area contributed by atoms with E-state index in [0.29, 0.717) is 6.42 Å². The fraction of sp³-hybridized carbons (Fsp3) is 0.500. The van der Waals surface area contributed by atoms with Crippen molar-refractivity contribution in [2.24, 2.45) is 0 Å². The summed E-state index contributed by atoms with van der Waals surface area (Å²) in [4.78, 5) is 56.3. The number of urea groups is 1. The molecule has 1 rings (SSSR count). The van der Waals surface area contributed by atoms with E-state index in [4.69, 9.17) is 9.47 Å². The molecule has 0 aromatic heterocycles. The van der Waals surface area contributed by atoms with Crippen molar-refractivity contribution in [1.82, 2.24) is 5.32 Å². The van der Waals surface area contributed by atoms with Crippen LogP contribution < -0.4 is 10.4 Å². The summed E-state index contributed by atoms with van der Waals surface area (Å²) in [5.74, 6) is -2.62. The number of nitrogens with zero attached hydrogens (tertiary/aromatic N) is 2. The zero-order valence-corrected chi connectivity index (χ0v) is 18.2. The van der Waals surface area contributed by atoms with Crippen LogP contribution in [0.3, 0.4) is 0 Å².